The number of nitrogens with zero attached hydrogens (tertiary/aromatic N) is 3. The molecule has 7 heteroatoms. The lowest BCUT2D eigenvalue weighted by Crippen LogP contribution is -2.32. The van der Waals surface area contributed by atoms with Crippen molar-refractivity contribution in [1.29, 1.82) is 0 Å². The first-order valence-electron chi connectivity index (χ1n) is 8.51. The van der Waals surface area contributed by atoms with E-state index in [1.165, 1.54) is 35.7 Å². The molecule has 1 fully saturated rings. The molecule has 1 amide bonds. The summed E-state index contributed by atoms with van der Waals surface area (Å²) in [5.74, 6) is 2.72. The third-order valence-corrected chi connectivity index (χ3v) is 4.92. The molecule has 1 saturated carbocycles. The number of amides is 1. The highest BCUT2D eigenvalue weighted by atomic mass is 32.2. The molecule has 3 rings (SSSR count). The van der Waals surface area contributed by atoms with Crippen LogP contribution < -0.4 is 4.74 Å². The molecule has 25 heavy (non-hydrogen) atoms. The predicted molar refractivity (Wildman–Crippen MR) is 98.1 cm³/mol. The van der Waals surface area contributed by atoms with Gasteiger partial charge in [-0.2, -0.15) is 0 Å². The highest BCUT2D eigenvalue weighted by Gasteiger charge is 2.27. The third kappa shape index (κ3) is 5.22. The number of aryl methyl sites for hydroxylation is 2. The van der Waals surface area contributed by atoms with Gasteiger partial charge in [-0.15, -0.1) is 5.10 Å². The Morgan fingerprint density at radius 1 is 1.32 bits per heavy atom. The Labute approximate surface area is 152 Å². The Morgan fingerprint density at radius 2 is 2.04 bits per heavy atom. The summed E-state index contributed by atoms with van der Waals surface area (Å²) in [6, 6.07) is 6.12. The first-order valence-corrected chi connectivity index (χ1v) is 9.50. The van der Waals surface area contributed by atoms with Crippen LogP contribution in [-0.2, 0) is 4.79 Å². The van der Waals surface area contributed by atoms with Gasteiger partial charge in [0.15, 0.2) is 0 Å². The molecule has 2 aromatic rings. The Morgan fingerprint density at radius 3 is 2.72 bits per heavy atom. The zero-order valence-corrected chi connectivity index (χ0v) is 15.7. The van der Waals surface area contributed by atoms with Crippen molar-refractivity contribution in [2.75, 3.05) is 26.0 Å². The summed E-state index contributed by atoms with van der Waals surface area (Å²) in [4.78, 5) is 18.3. The maximum Gasteiger partial charge on any atom is 0.232 e. The van der Waals surface area contributed by atoms with E-state index in [0.29, 0.717) is 30.0 Å². The van der Waals surface area contributed by atoms with Crippen LogP contribution in [0.4, 0.5) is 0 Å². The van der Waals surface area contributed by atoms with Gasteiger partial charge in [-0.25, -0.2) is 4.98 Å². The Kier molecular flexibility index (Phi) is 5.63. The predicted octanol–water partition coefficient (Wildman–Crippen LogP) is 2.93. The fourth-order valence-electron chi connectivity index (χ4n) is 2.54. The maximum atomic E-state index is 12.2. The highest BCUT2D eigenvalue weighted by molar-refractivity contribution is 7.99. The molecule has 1 aromatic heterocycles. The molecule has 6 nitrogen and oxygen atoms in total. The monoisotopic (exact) mass is 360 g/mol. The number of likely N-dealkylation sites (N-methyl/N-ethyl adjacent to an activating group) is 1. The van der Waals surface area contributed by atoms with E-state index in [1.54, 1.807) is 11.9 Å². The Bertz CT molecular complexity index is 722. The number of thioether (sulfide) groups is 1. The molecule has 0 bridgehead atoms. The van der Waals surface area contributed by atoms with Crippen LogP contribution in [0.25, 0.3) is 0 Å². The van der Waals surface area contributed by atoms with Crippen LogP contribution in [0.2, 0.25) is 0 Å². The van der Waals surface area contributed by atoms with Gasteiger partial charge in [-0.1, -0.05) is 17.8 Å². The normalized spacial score (nSPS) is 13.7. The van der Waals surface area contributed by atoms with Crippen LogP contribution in [0.5, 0.6) is 5.75 Å². The van der Waals surface area contributed by atoms with Crippen molar-refractivity contribution in [3.63, 3.8) is 0 Å². The fourth-order valence-corrected chi connectivity index (χ4v) is 3.29. The van der Waals surface area contributed by atoms with E-state index in [0.717, 1.165) is 11.6 Å². The second-order valence-corrected chi connectivity index (χ2v) is 7.50. The van der Waals surface area contributed by atoms with Gasteiger partial charge in [0.05, 0.1) is 12.3 Å². The number of benzene rings is 1. The summed E-state index contributed by atoms with van der Waals surface area (Å²) in [7, 11) is 1.79. The van der Waals surface area contributed by atoms with E-state index in [-0.39, 0.29) is 5.91 Å². The third-order valence-electron chi connectivity index (χ3n) is 4.09. The topological polar surface area (TPSA) is 71.1 Å². The van der Waals surface area contributed by atoms with Crippen LogP contribution >= 0.6 is 11.8 Å². The van der Waals surface area contributed by atoms with Crippen LogP contribution in [-0.4, -0.2) is 51.9 Å². The van der Waals surface area contributed by atoms with E-state index in [1.807, 2.05) is 26.0 Å². The lowest BCUT2D eigenvalue weighted by atomic mass is 10.1. The largest absolute Gasteiger partial charge is 0.492 e. The van der Waals surface area contributed by atoms with Gasteiger partial charge in [0.25, 0.3) is 0 Å². The molecular formula is C18H24N4O2S. The van der Waals surface area contributed by atoms with Gasteiger partial charge in [0.2, 0.25) is 11.1 Å². The van der Waals surface area contributed by atoms with Crippen LogP contribution in [0.1, 0.15) is 35.7 Å². The van der Waals surface area contributed by atoms with E-state index < -0.39 is 0 Å². The van der Waals surface area contributed by atoms with Crippen molar-refractivity contribution in [3.8, 4) is 5.75 Å². The van der Waals surface area contributed by atoms with Crippen molar-refractivity contribution in [2.24, 2.45) is 0 Å². The second-order valence-electron chi connectivity index (χ2n) is 6.55. The van der Waals surface area contributed by atoms with Crippen LogP contribution in [0.15, 0.2) is 23.4 Å². The number of carbonyl (C=O) groups excluding carboxylic acids is 1. The van der Waals surface area contributed by atoms with Crippen molar-refractivity contribution in [1.82, 2.24) is 20.1 Å². The summed E-state index contributed by atoms with van der Waals surface area (Å²) >= 11 is 1.37. The number of nitrogens with one attached hydrogen (secondary N) is 1. The average Bonchev–Trinajstić information content (AvgIpc) is 3.30. The van der Waals surface area contributed by atoms with Crippen molar-refractivity contribution in [2.45, 2.75) is 37.8 Å². The van der Waals surface area contributed by atoms with Crippen molar-refractivity contribution < 1.29 is 9.53 Å². The molecule has 0 atom stereocenters. The molecule has 0 aliphatic heterocycles. The van der Waals surface area contributed by atoms with Gasteiger partial charge in [-0.3, -0.25) is 9.89 Å². The standard InChI is InChI=1S/C18H24N4O2S/c1-12-8-13(2)10-15(9-12)24-7-6-22(3)16(23)11-25-18-19-17(20-21-18)14-4-5-14/h8-10,14H,4-7,11H2,1-3H3,(H,19,20,21). The summed E-state index contributed by atoms with van der Waals surface area (Å²) in [5, 5.41) is 7.76. The molecule has 1 N–H and O–H groups in total. The van der Waals surface area contributed by atoms with Gasteiger partial charge in [0.1, 0.15) is 18.2 Å². The summed E-state index contributed by atoms with van der Waals surface area (Å²) in [6.45, 7) is 5.12. The van der Waals surface area contributed by atoms with E-state index >= 15 is 0 Å². The minimum absolute atomic E-state index is 0.0480. The maximum absolute atomic E-state index is 12.2. The molecule has 0 radical (unpaired) electrons. The lowest BCUT2D eigenvalue weighted by molar-refractivity contribution is -0.127. The smallest absolute Gasteiger partial charge is 0.232 e. The molecule has 1 aliphatic rings. The van der Waals surface area contributed by atoms with Crippen molar-refractivity contribution in [3.05, 3.63) is 35.2 Å². The van der Waals surface area contributed by atoms with Gasteiger partial charge in [0, 0.05) is 13.0 Å². The number of aromatic amines is 1. The summed E-state index contributed by atoms with van der Waals surface area (Å²) in [6.07, 6.45) is 2.36. The van der Waals surface area contributed by atoms with E-state index in [4.69, 9.17) is 4.74 Å². The van der Waals surface area contributed by atoms with Gasteiger partial charge >= 0.3 is 0 Å². The number of H-pyrrole nitrogens is 1. The van der Waals surface area contributed by atoms with Crippen LogP contribution in [0.3, 0.4) is 0 Å². The zero-order valence-electron chi connectivity index (χ0n) is 14.9. The minimum atomic E-state index is 0.0480. The number of hydrogen-bond acceptors (Lipinski definition) is 5. The van der Waals surface area contributed by atoms with E-state index in [9.17, 15) is 4.79 Å². The molecule has 0 saturated heterocycles. The SMILES string of the molecule is Cc1cc(C)cc(OCCN(C)C(=O)CSc2n[nH]c(C3CC3)n2)c1. The molecule has 1 aliphatic carbocycles. The molecule has 1 aromatic carbocycles. The molecule has 0 spiro atoms. The lowest BCUT2D eigenvalue weighted by Gasteiger charge is -2.17. The molecule has 134 valence electrons. The summed E-state index contributed by atoms with van der Waals surface area (Å²) in [5.41, 5.74) is 2.35. The average molecular weight is 360 g/mol. The Balaban J connectivity index is 1.39. The second kappa shape index (κ2) is 7.91. The quantitative estimate of drug-likeness (QED) is 0.733. The van der Waals surface area contributed by atoms with Crippen molar-refractivity contribution >= 4 is 17.7 Å². The number of hydrogen-bond donors (Lipinski definition) is 1. The van der Waals surface area contributed by atoms with Crippen LogP contribution in [0, 0.1) is 13.8 Å². The Hall–Kier alpha value is -2.02. The zero-order chi connectivity index (χ0) is 17.8. The first kappa shape index (κ1) is 17.8. The first-order chi connectivity index (χ1) is 12.0. The molecular weight excluding hydrogens is 336 g/mol. The summed E-state index contributed by atoms with van der Waals surface area (Å²) < 4.78 is 5.76. The highest BCUT2D eigenvalue weighted by Crippen LogP contribution is 2.38. The fraction of sp³-hybridized carbons (Fsp3) is 0.500. The minimum Gasteiger partial charge on any atom is -0.492 e. The number of rotatable bonds is 8. The number of aromatic nitrogens is 3. The number of carbonyl (C=O) groups is 1. The molecule has 1 heterocycles. The molecule has 0 unspecified atom stereocenters. The number of ether oxygens (including phenoxy) is 1. The van der Waals surface area contributed by atoms with Gasteiger partial charge < -0.3 is 9.64 Å². The van der Waals surface area contributed by atoms with Gasteiger partial charge in [-0.05, 0) is 49.9 Å². The van der Waals surface area contributed by atoms with E-state index in [2.05, 4.69) is 21.2 Å².